The van der Waals surface area contributed by atoms with E-state index < -0.39 is 23.3 Å². The lowest BCUT2D eigenvalue weighted by Crippen LogP contribution is -2.50. The zero-order valence-corrected chi connectivity index (χ0v) is 14.0. The van der Waals surface area contributed by atoms with Gasteiger partial charge in [-0.1, -0.05) is 0 Å². The van der Waals surface area contributed by atoms with Crippen molar-refractivity contribution in [2.24, 2.45) is 11.1 Å². The molecule has 3 atom stereocenters. The highest BCUT2D eigenvalue weighted by molar-refractivity contribution is 5.84. The van der Waals surface area contributed by atoms with Crippen molar-refractivity contribution in [2.75, 3.05) is 6.54 Å². The van der Waals surface area contributed by atoms with E-state index in [-0.39, 0.29) is 18.5 Å². The van der Waals surface area contributed by atoms with E-state index in [2.05, 4.69) is 4.98 Å². The van der Waals surface area contributed by atoms with E-state index in [0.717, 1.165) is 12.3 Å². The number of nitrogens with two attached hydrogens (primary N) is 1. The Morgan fingerprint density at radius 1 is 1.52 bits per heavy atom. The molecule has 138 valence electrons. The fraction of sp³-hybridized carbons (Fsp3) is 0.647. The molecule has 0 bridgehead atoms. The van der Waals surface area contributed by atoms with Crippen LogP contribution in [0.15, 0.2) is 12.3 Å². The summed E-state index contributed by atoms with van der Waals surface area (Å²) in [5, 5.41) is 10.2. The molecule has 1 aromatic rings. The molecule has 5 nitrogen and oxygen atoms in total. The Bertz CT molecular complexity index is 678. The number of fused-ring (bicyclic) bond motifs is 1. The molecule has 1 aromatic heterocycles. The lowest BCUT2D eigenvalue weighted by molar-refractivity contribution is -0.149. The Hall–Kier alpha value is -1.67. The molecule has 3 N–H and O–H groups in total. The zero-order valence-electron chi connectivity index (χ0n) is 14.0. The third kappa shape index (κ3) is 3.25. The second-order valence-corrected chi connectivity index (χ2v) is 7.14. The van der Waals surface area contributed by atoms with Gasteiger partial charge in [-0.25, -0.2) is 0 Å². The molecule has 2 heterocycles. The van der Waals surface area contributed by atoms with Crippen molar-refractivity contribution in [3.8, 4) is 0 Å². The van der Waals surface area contributed by atoms with Crippen LogP contribution in [0.4, 0.5) is 13.2 Å². The molecule has 1 saturated carbocycles. The van der Waals surface area contributed by atoms with E-state index >= 15 is 0 Å². The highest BCUT2D eigenvalue weighted by Crippen LogP contribution is 2.43. The first-order chi connectivity index (χ1) is 11.6. The van der Waals surface area contributed by atoms with E-state index in [1.165, 1.54) is 4.90 Å². The maximum atomic E-state index is 13.1. The van der Waals surface area contributed by atoms with Crippen molar-refractivity contribution in [3.05, 3.63) is 29.1 Å². The first-order valence-corrected chi connectivity index (χ1v) is 8.41. The number of aromatic nitrogens is 1. The van der Waals surface area contributed by atoms with Gasteiger partial charge in [0.25, 0.3) is 0 Å². The van der Waals surface area contributed by atoms with Gasteiger partial charge in [0.2, 0.25) is 5.91 Å². The quantitative estimate of drug-likeness (QED) is 0.847. The molecule has 1 fully saturated rings. The summed E-state index contributed by atoms with van der Waals surface area (Å²) >= 11 is 0. The maximum Gasteiger partial charge on any atom is 0.417 e. The minimum atomic E-state index is -4.46. The van der Waals surface area contributed by atoms with Crippen LogP contribution in [0.25, 0.3) is 0 Å². The van der Waals surface area contributed by atoms with Gasteiger partial charge in [-0.3, -0.25) is 9.78 Å². The molecule has 2 aliphatic rings. The summed E-state index contributed by atoms with van der Waals surface area (Å²) in [5.41, 5.74) is 5.20. The van der Waals surface area contributed by atoms with Gasteiger partial charge in [0.15, 0.2) is 0 Å². The van der Waals surface area contributed by atoms with E-state index in [1.807, 2.05) is 0 Å². The second-order valence-electron chi connectivity index (χ2n) is 7.14. The molecular formula is C17H22F3N3O2. The summed E-state index contributed by atoms with van der Waals surface area (Å²) in [6.45, 7) is 2.04. The van der Waals surface area contributed by atoms with Crippen LogP contribution in [0, 0.1) is 5.41 Å². The minimum absolute atomic E-state index is 0.0782. The average Bonchev–Trinajstić information content (AvgIpc) is 2.95. The van der Waals surface area contributed by atoms with Gasteiger partial charge in [0, 0.05) is 37.4 Å². The summed E-state index contributed by atoms with van der Waals surface area (Å²) < 4.78 is 38.7. The van der Waals surface area contributed by atoms with Crippen molar-refractivity contribution in [1.29, 1.82) is 0 Å². The predicted octanol–water partition coefficient (Wildman–Crippen LogP) is 1.86. The number of alkyl halides is 3. The standard InChI is InChI=1S/C17H22F3N3O2/c1-10(24)16(4-2-13(21)7-16)15(25)23-5-3-14-11(9-23)6-12(8-22-14)17(18,19)20/h6,8,10,13,24H,2-5,7,9,21H2,1H3. The highest BCUT2D eigenvalue weighted by Gasteiger charge is 2.50. The lowest BCUT2D eigenvalue weighted by Gasteiger charge is -2.38. The van der Waals surface area contributed by atoms with Crippen LogP contribution in [0.5, 0.6) is 0 Å². The van der Waals surface area contributed by atoms with Gasteiger partial charge in [-0.15, -0.1) is 0 Å². The van der Waals surface area contributed by atoms with Crippen molar-refractivity contribution in [2.45, 2.75) is 57.5 Å². The number of nitrogens with zero attached hydrogens (tertiary/aromatic N) is 2. The Balaban J connectivity index is 1.85. The summed E-state index contributed by atoms with van der Waals surface area (Å²) in [5.74, 6) is -0.224. The zero-order chi connectivity index (χ0) is 18.4. The first-order valence-electron chi connectivity index (χ1n) is 8.41. The number of carbonyl (C=O) groups is 1. The summed E-state index contributed by atoms with van der Waals surface area (Å²) in [6.07, 6.45) is -2.53. The number of aliphatic hydroxyl groups is 1. The third-order valence-electron chi connectivity index (χ3n) is 5.47. The van der Waals surface area contributed by atoms with Gasteiger partial charge in [0.1, 0.15) is 0 Å². The Morgan fingerprint density at radius 3 is 2.80 bits per heavy atom. The van der Waals surface area contributed by atoms with Crippen molar-refractivity contribution in [3.63, 3.8) is 0 Å². The smallest absolute Gasteiger partial charge is 0.392 e. The number of rotatable bonds is 2. The molecule has 1 amide bonds. The van der Waals surface area contributed by atoms with Crippen LogP contribution in [0.1, 0.15) is 43.0 Å². The molecule has 25 heavy (non-hydrogen) atoms. The molecule has 0 spiro atoms. The first kappa shape index (κ1) is 18.1. The Kier molecular flexibility index (Phi) is 4.53. The normalized spacial score (nSPS) is 27.9. The number of halogens is 3. The molecule has 3 unspecified atom stereocenters. The monoisotopic (exact) mass is 357 g/mol. The maximum absolute atomic E-state index is 13.1. The number of hydrogen-bond acceptors (Lipinski definition) is 4. The molecule has 8 heteroatoms. The minimum Gasteiger partial charge on any atom is -0.392 e. The average molecular weight is 357 g/mol. The van der Waals surface area contributed by atoms with E-state index in [9.17, 15) is 23.1 Å². The summed E-state index contributed by atoms with van der Waals surface area (Å²) in [4.78, 5) is 18.5. The van der Waals surface area contributed by atoms with E-state index in [1.54, 1.807) is 6.92 Å². The van der Waals surface area contributed by atoms with Gasteiger partial charge in [-0.2, -0.15) is 13.2 Å². The Morgan fingerprint density at radius 2 is 2.24 bits per heavy atom. The number of pyridine rings is 1. The second kappa shape index (κ2) is 6.25. The molecule has 0 radical (unpaired) electrons. The number of carbonyl (C=O) groups excluding carboxylic acids is 1. The fourth-order valence-corrected chi connectivity index (χ4v) is 3.94. The number of amides is 1. The molecule has 0 saturated heterocycles. The van der Waals surface area contributed by atoms with Crippen LogP contribution in [0.2, 0.25) is 0 Å². The van der Waals surface area contributed by atoms with Crippen LogP contribution in [-0.4, -0.2) is 39.6 Å². The fourth-order valence-electron chi connectivity index (χ4n) is 3.94. The van der Waals surface area contributed by atoms with Gasteiger partial charge >= 0.3 is 6.18 Å². The molecular weight excluding hydrogens is 335 g/mol. The van der Waals surface area contributed by atoms with E-state index in [4.69, 9.17) is 5.73 Å². The largest absolute Gasteiger partial charge is 0.417 e. The number of aliphatic hydroxyl groups excluding tert-OH is 1. The Labute approximate surface area is 144 Å². The van der Waals surface area contributed by atoms with Crippen LogP contribution >= 0.6 is 0 Å². The number of hydrogen-bond donors (Lipinski definition) is 2. The predicted molar refractivity (Wildman–Crippen MR) is 84.3 cm³/mol. The summed E-state index contributed by atoms with van der Waals surface area (Å²) in [7, 11) is 0. The lowest BCUT2D eigenvalue weighted by atomic mass is 9.78. The third-order valence-corrected chi connectivity index (χ3v) is 5.47. The SMILES string of the molecule is CC(O)C1(C(=O)N2CCc3ncc(C(F)(F)F)cc3C2)CCC(N)C1. The molecule has 1 aliphatic carbocycles. The molecule has 1 aliphatic heterocycles. The van der Waals surface area contributed by atoms with Crippen molar-refractivity contribution in [1.82, 2.24) is 9.88 Å². The van der Waals surface area contributed by atoms with Crippen LogP contribution in [0.3, 0.4) is 0 Å². The molecule has 0 aromatic carbocycles. The van der Waals surface area contributed by atoms with Gasteiger partial charge in [-0.05, 0) is 37.8 Å². The molecule has 3 rings (SSSR count). The van der Waals surface area contributed by atoms with E-state index in [0.29, 0.717) is 43.5 Å². The topological polar surface area (TPSA) is 79.5 Å². The van der Waals surface area contributed by atoms with Crippen LogP contribution < -0.4 is 5.73 Å². The van der Waals surface area contributed by atoms with Crippen molar-refractivity contribution < 1.29 is 23.1 Å². The van der Waals surface area contributed by atoms with Gasteiger partial charge in [0.05, 0.1) is 17.1 Å². The highest BCUT2D eigenvalue weighted by atomic mass is 19.4. The van der Waals surface area contributed by atoms with Crippen molar-refractivity contribution >= 4 is 5.91 Å². The van der Waals surface area contributed by atoms with Crippen LogP contribution in [-0.2, 0) is 23.9 Å². The van der Waals surface area contributed by atoms with Gasteiger partial charge < -0.3 is 15.7 Å². The summed E-state index contributed by atoms with van der Waals surface area (Å²) in [6, 6.07) is 0.922.